The molecule has 0 radical (unpaired) electrons. The van der Waals surface area contributed by atoms with Crippen molar-refractivity contribution in [2.75, 3.05) is 37.7 Å². The molecule has 1 aliphatic carbocycles. The maximum atomic E-state index is 13.0. The van der Waals surface area contributed by atoms with Gasteiger partial charge >= 0.3 is 5.97 Å². The lowest BCUT2D eigenvalue weighted by atomic mass is 9.72. The van der Waals surface area contributed by atoms with E-state index in [0.29, 0.717) is 39.2 Å². The second-order valence-electron chi connectivity index (χ2n) is 10.9. The number of nitrogens with one attached hydrogen (secondary N) is 2. The Bertz CT molecular complexity index is 1420. The van der Waals surface area contributed by atoms with Gasteiger partial charge in [-0.3, -0.25) is 9.59 Å². The zero-order chi connectivity index (χ0) is 29.7. The molecule has 2 N–H and O–H groups in total. The summed E-state index contributed by atoms with van der Waals surface area (Å²) < 4.78 is 15.8. The van der Waals surface area contributed by atoms with Crippen LogP contribution in [0.5, 0.6) is 11.5 Å². The van der Waals surface area contributed by atoms with Gasteiger partial charge < -0.3 is 24.8 Å². The first-order chi connectivity index (χ1) is 19.5. The molecule has 10 heteroatoms. The number of carbonyl (C=O) groups excluding carboxylic acids is 3. The minimum Gasteiger partial charge on any atom is -0.496 e. The average molecular weight is 597 g/mol. The lowest BCUT2D eigenvalue weighted by Gasteiger charge is -2.33. The van der Waals surface area contributed by atoms with Crippen molar-refractivity contribution in [2.45, 2.75) is 44.9 Å². The fourth-order valence-corrected chi connectivity index (χ4v) is 7.06. The molecule has 0 aliphatic heterocycles. The Kier molecular flexibility index (Phi) is 9.65. The highest BCUT2D eigenvalue weighted by atomic mass is 32.2. The maximum Gasteiger partial charge on any atom is 0.341 e. The Morgan fingerprint density at radius 1 is 0.976 bits per heavy atom. The van der Waals surface area contributed by atoms with Gasteiger partial charge in [0.1, 0.15) is 22.1 Å². The number of fused-ring (bicyclic) bond motifs is 1. The molecular formula is C31H36N2O6S2. The molecule has 1 unspecified atom stereocenters. The molecule has 1 atom stereocenters. The van der Waals surface area contributed by atoms with Crippen molar-refractivity contribution < 1.29 is 28.6 Å². The Balaban J connectivity index is 1.44. The number of thiophene rings is 1. The molecule has 1 aliphatic rings. The van der Waals surface area contributed by atoms with Crippen LogP contribution in [-0.4, -0.2) is 44.9 Å². The number of esters is 1. The average Bonchev–Trinajstić information content (AvgIpc) is 3.31. The van der Waals surface area contributed by atoms with Crippen LogP contribution in [0.4, 0.5) is 10.7 Å². The van der Waals surface area contributed by atoms with Crippen molar-refractivity contribution in [2.24, 2.45) is 11.3 Å². The van der Waals surface area contributed by atoms with Crippen molar-refractivity contribution >= 4 is 51.6 Å². The lowest BCUT2D eigenvalue weighted by Crippen LogP contribution is -2.26. The Morgan fingerprint density at radius 3 is 2.29 bits per heavy atom. The number of hydrogen-bond donors (Lipinski definition) is 2. The van der Waals surface area contributed by atoms with E-state index in [0.717, 1.165) is 34.6 Å². The Morgan fingerprint density at radius 2 is 1.66 bits per heavy atom. The molecule has 1 heterocycles. The molecule has 0 spiro atoms. The summed E-state index contributed by atoms with van der Waals surface area (Å²) in [7, 11) is 4.36. The van der Waals surface area contributed by atoms with E-state index in [1.54, 1.807) is 30.3 Å². The molecule has 218 valence electrons. The summed E-state index contributed by atoms with van der Waals surface area (Å²) in [5.74, 6) is 0.430. The SMILES string of the molecule is COC(=O)c1c(NC(=O)CSc2cccc(NC(=O)c3c(OC)cccc3OC)c2)sc2c1CCC(C(C)(C)C)C2. The van der Waals surface area contributed by atoms with E-state index in [1.807, 2.05) is 12.1 Å². The van der Waals surface area contributed by atoms with Crippen LogP contribution in [0.1, 0.15) is 58.3 Å². The standard InChI is InChI=1S/C31H36N2O6S2/c1-31(2,3)18-13-14-21-24(15-18)41-29(26(21)30(36)39-6)33-25(34)17-40-20-10-7-9-19(16-20)32-28(35)27-22(37-4)11-8-12-23(27)38-5/h7-12,16,18H,13-15,17H2,1-6H3,(H,32,35)(H,33,34). The molecule has 0 bridgehead atoms. The Labute approximate surface area is 249 Å². The second kappa shape index (κ2) is 13.0. The van der Waals surface area contributed by atoms with Crippen LogP contribution < -0.4 is 20.1 Å². The van der Waals surface area contributed by atoms with Gasteiger partial charge in [-0.05, 0) is 66.5 Å². The van der Waals surface area contributed by atoms with Crippen LogP contribution in [0.3, 0.4) is 0 Å². The first kappa shape index (κ1) is 30.5. The molecule has 0 saturated heterocycles. The van der Waals surface area contributed by atoms with Crippen molar-refractivity contribution in [1.29, 1.82) is 0 Å². The number of thioether (sulfide) groups is 1. The molecule has 2 aromatic carbocycles. The van der Waals surface area contributed by atoms with Gasteiger partial charge in [0, 0.05) is 15.5 Å². The van der Waals surface area contributed by atoms with Gasteiger partial charge in [-0.2, -0.15) is 0 Å². The summed E-state index contributed by atoms with van der Waals surface area (Å²) >= 11 is 2.81. The molecule has 2 amide bonds. The summed E-state index contributed by atoms with van der Waals surface area (Å²) in [6.45, 7) is 6.73. The summed E-state index contributed by atoms with van der Waals surface area (Å²) in [5, 5.41) is 6.39. The third-order valence-electron chi connectivity index (χ3n) is 7.25. The molecule has 3 aromatic rings. The number of carbonyl (C=O) groups is 3. The van der Waals surface area contributed by atoms with Crippen LogP contribution in [0.2, 0.25) is 0 Å². The van der Waals surface area contributed by atoms with Crippen LogP contribution in [-0.2, 0) is 22.4 Å². The molecule has 41 heavy (non-hydrogen) atoms. The summed E-state index contributed by atoms with van der Waals surface area (Å²) in [5.41, 5.74) is 2.51. The zero-order valence-corrected chi connectivity index (χ0v) is 25.8. The minimum atomic E-state index is -0.421. The van der Waals surface area contributed by atoms with Gasteiger partial charge in [0.25, 0.3) is 5.91 Å². The number of amides is 2. The zero-order valence-electron chi connectivity index (χ0n) is 24.2. The predicted octanol–water partition coefficient (Wildman–Crippen LogP) is 6.69. The third kappa shape index (κ3) is 7.05. The number of hydrogen-bond acceptors (Lipinski definition) is 8. The van der Waals surface area contributed by atoms with Crippen LogP contribution in [0.15, 0.2) is 47.4 Å². The third-order valence-corrected chi connectivity index (χ3v) is 9.41. The summed E-state index contributed by atoms with van der Waals surface area (Å²) in [6.07, 6.45) is 2.68. The highest BCUT2D eigenvalue weighted by molar-refractivity contribution is 8.00. The normalized spacial score (nSPS) is 14.5. The molecule has 0 fully saturated rings. The van der Waals surface area contributed by atoms with Gasteiger partial charge in [-0.25, -0.2) is 4.79 Å². The smallest absolute Gasteiger partial charge is 0.341 e. The number of rotatable bonds is 9. The van der Waals surface area contributed by atoms with E-state index < -0.39 is 5.97 Å². The van der Waals surface area contributed by atoms with Crippen molar-refractivity contribution in [3.05, 3.63) is 64.0 Å². The number of methoxy groups -OCH3 is 3. The Hall–Kier alpha value is -3.50. The maximum absolute atomic E-state index is 13.0. The highest BCUT2D eigenvalue weighted by Crippen LogP contribution is 2.44. The van der Waals surface area contributed by atoms with Crippen LogP contribution in [0, 0.1) is 11.3 Å². The largest absolute Gasteiger partial charge is 0.496 e. The van der Waals surface area contributed by atoms with E-state index in [9.17, 15) is 14.4 Å². The van der Waals surface area contributed by atoms with E-state index in [4.69, 9.17) is 14.2 Å². The lowest BCUT2D eigenvalue weighted by molar-refractivity contribution is -0.113. The molecular weight excluding hydrogens is 560 g/mol. The second-order valence-corrected chi connectivity index (χ2v) is 13.0. The van der Waals surface area contributed by atoms with Gasteiger partial charge in [-0.15, -0.1) is 23.1 Å². The summed E-state index contributed by atoms with van der Waals surface area (Å²) in [6, 6.07) is 12.4. The minimum absolute atomic E-state index is 0.130. The first-order valence-corrected chi connectivity index (χ1v) is 15.1. The van der Waals surface area contributed by atoms with E-state index >= 15 is 0 Å². The van der Waals surface area contributed by atoms with Gasteiger partial charge in [0.15, 0.2) is 0 Å². The van der Waals surface area contributed by atoms with Crippen molar-refractivity contribution in [3.63, 3.8) is 0 Å². The highest BCUT2D eigenvalue weighted by Gasteiger charge is 2.34. The predicted molar refractivity (Wildman–Crippen MR) is 164 cm³/mol. The van der Waals surface area contributed by atoms with Crippen LogP contribution in [0.25, 0.3) is 0 Å². The number of ether oxygens (including phenoxy) is 3. The van der Waals surface area contributed by atoms with Crippen LogP contribution >= 0.6 is 23.1 Å². The monoisotopic (exact) mass is 596 g/mol. The molecule has 4 rings (SSSR count). The quantitative estimate of drug-likeness (QED) is 0.210. The first-order valence-electron chi connectivity index (χ1n) is 13.3. The van der Waals surface area contributed by atoms with E-state index in [2.05, 4.69) is 31.4 Å². The number of anilines is 2. The topological polar surface area (TPSA) is 103 Å². The number of benzene rings is 2. The fraction of sp³-hybridized carbons (Fsp3) is 0.387. The van der Waals surface area contributed by atoms with Gasteiger partial charge in [-0.1, -0.05) is 32.9 Å². The molecule has 1 aromatic heterocycles. The van der Waals surface area contributed by atoms with E-state index in [-0.39, 0.29) is 23.0 Å². The molecule has 0 saturated carbocycles. The van der Waals surface area contributed by atoms with Gasteiger partial charge in [0.05, 0.1) is 32.6 Å². The fourth-order valence-electron chi connectivity index (χ4n) is 4.97. The van der Waals surface area contributed by atoms with Gasteiger partial charge in [0.2, 0.25) is 5.91 Å². The molecule has 8 nitrogen and oxygen atoms in total. The summed E-state index contributed by atoms with van der Waals surface area (Å²) in [4.78, 5) is 40.7. The van der Waals surface area contributed by atoms with Crippen molar-refractivity contribution in [1.82, 2.24) is 0 Å². The van der Waals surface area contributed by atoms with Crippen molar-refractivity contribution in [3.8, 4) is 11.5 Å². The van der Waals surface area contributed by atoms with E-state index in [1.165, 1.54) is 44.4 Å².